The van der Waals surface area contributed by atoms with Crippen molar-refractivity contribution in [1.82, 2.24) is 9.97 Å². The zero-order chi connectivity index (χ0) is 17.1. The fraction of sp³-hybridized carbons (Fsp3) is 0.125. The molecule has 24 heavy (non-hydrogen) atoms. The lowest BCUT2D eigenvalue weighted by Gasteiger charge is -2.12. The number of anilines is 2. The molecular formula is C16H14N4O4. The molecule has 2 N–H and O–H groups in total. The topological polar surface area (TPSA) is 106 Å². The lowest BCUT2D eigenvalue weighted by atomic mass is 10.2. The fourth-order valence-corrected chi connectivity index (χ4v) is 2.29. The largest absolute Gasteiger partial charge is 0.506 e. The second-order valence-corrected chi connectivity index (χ2v) is 4.87. The Morgan fingerprint density at radius 3 is 2.54 bits per heavy atom. The van der Waals surface area contributed by atoms with Gasteiger partial charge in [-0.05, 0) is 29.4 Å². The van der Waals surface area contributed by atoms with Crippen LogP contribution in [-0.4, -0.2) is 29.3 Å². The molecule has 0 aliphatic heterocycles. The number of benzene rings is 2. The summed E-state index contributed by atoms with van der Waals surface area (Å²) in [4.78, 5) is 19.1. The van der Waals surface area contributed by atoms with Crippen LogP contribution < -0.4 is 14.8 Å². The molecule has 0 atom stereocenters. The Hall–Kier alpha value is -3.42. The second-order valence-electron chi connectivity index (χ2n) is 4.87. The van der Waals surface area contributed by atoms with Gasteiger partial charge in [0.1, 0.15) is 17.9 Å². The van der Waals surface area contributed by atoms with E-state index >= 15 is 0 Å². The van der Waals surface area contributed by atoms with E-state index in [1.165, 1.54) is 18.5 Å². The van der Waals surface area contributed by atoms with Gasteiger partial charge in [0.15, 0.2) is 17.2 Å². The normalized spacial score (nSPS) is 10.4. The van der Waals surface area contributed by atoms with Crippen LogP contribution in [0.15, 0.2) is 41.8 Å². The van der Waals surface area contributed by atoms with E-state index in [1.54, 1.807) is 32.4 Å². The van der Waals surface area contributed by atoms with Crippen LogP contribution >= 0.6 is 0 Å². The summed E-state index contributed by atoms with van der Waals surface area (Å²) in [6.45, 7) is 0. The number of phenols is 1. The molecule has 122 valence electrons. The van der Waals surface area contributed by atoms with E-state index in [1.807, 2.05) is 0 Å². The summed E-state index contributed by atoms with van der Waals surface area (Å²) >= 11 is 0. The van der Waals surface area contributed by atoms with Gasteiger partial charge in [-0.1, -0.05) is 0 Å². The van der Waals surface area contributed by atoms with E-state index in [9.17, 15) is 10.0 Å². The lowest BCUT2D eigenvalue weighted by molar-refractivity contribution is 0.356. The van der Waals surface area contributed by atoms with Crippen molar-refractivity contribution in [3.05, 3.63) is 41.6 Å². The van der Waals surface area contributed by atoms with Gasteiger partial charge in [0, 0.05) is 17.1 Å². The van der Waals surface area contributed by atoms with E-state index in [2.05, 4.69) is 20.5 Å². The molecule has 0 saturated carbocycles. The molecule has 8 nitrogen and oxygen atoms in total. The Balaban J connectivity index is 2.08. The summed E-state index contributed by atoms with van der Waals surface area (Å²) in [6, 6.07) is 7.92. The maximum atomic E-state index is 10.7. The van der Waals surface area contributed by atoms with Gasteiger partial charge in [-0.3, -0.25) is 0 Å². The molecule has 3 aromatic rings. The lowest BCUT2D eigenvalue weighted by Crippen LogP contribution is -1.98. The molecule has 3 rings (SSSR count). The van der Waals surface area contributed by atoms with Crippen molar-refractivity contribution >= 4 is 28.1 Å². The number of aromatic nitrogens is 2. The van der Waals surface area contributed by atoms with Gasteiger partial charge >= 0.3 is 0 Å². The number of nitroso groups, excluding NO2 is 1. The Labute approximate surface area is 137 Å². The molecule has 0 unspecified atom stereocenters. The van der Waals surface area contributed by atoms with Crippen LogP contribution in [0.25, 0.3) is 10.9 Å². The van der Waals surface area contributed by atoms with E-state index < -0.39 is 0 Å². The minimum Gasteiger partial charge on any atom is -0.506 e. The summed E-state index contributed by atoms with van der Waals surface area (Å²) in [7, 11) is 3.09. The summed E-state index contributed by atoms with van der Waals surface area (Å²) in [6.07, 6.45) is 1.41. The van der Waals surface area contributed by atoms with Crippen LogP contribution in [0.4, 0.5) is 17.2 Å². The van der Waals surface area contributed by atoms with Crippen LogP contribution in [0.3, 0.4) is 0 Å². The summed E-state index contributed by atoms with van der Waals surface area (Å²) in [5, 5.41) is 16.1. The third-order valence-electron chi connectivity index (χ3n) is 3.48. The summed E-state index contributed by atoms with van der Waals surface area (Å²) < 4.78 is 10.6. The van der Waals surface area contributed by atoms with Gasteiger partial charge in [-0.25, -0.2) is 9.97 Å². The molecule has 0 aliphatic carbocycles. The number of nitrogens with zero attached hydrogens (tertiary/aromatic N) is 3. The summed E-state index contributed by atoms with van der Waals surface area (Å²) in [5.41, 5.74) is 1.16. The molecule has 0 bridgehead atoms. The zero-order valence-electron chi connectivity index (χ0n) is 13.0. The number of methoxy groups -OCH3 is 2. The highest BCUT2D eigenvalue weighted by Crippen LogP contribution is 2.35. The number of ether oxygens (including phenoxy) is 2. The smallest absolute Gasteiger partial charge is 0.162 e. The third kappa shape index (κ3) is 2.76. The molecule has 1 heterocycles. The molecular weight excluding hydrogens is 312 g/mol. The molecule has 0 fully saturated rings. The Kier molecular flexibility index (Phi) is 4.11. The van der Waals surface area contributed by atoms with Crippen LogP contribution in [0, 0.1) is 4.91 Å². The van der Waals surface area contributed by atoms with E-state index in [0.717, 1.165) is 0 Å². The van der Waals surface area contributed by atoms with Crippen LogP contribution in [0.2, 0.25) is 0 Å². The molecule has 8 heteroatoms. The predicted molar refractivity (Wildman–Crippen MR) is 89.5 cm³/mol. The standard InChI is InChI=1S/C16H14N4O4/c1-23-14-6-10-11(7-15(14)24-2)17-8-18-16(10)19-9-3-4-13(21)12(5-9)20-22/h3-8,21H,1-2H3,(H,17,18,19). The summed E-state index contributed by atoms with van der Waals surface area (Å²) in [5.74, 6) is 1.44. The number of nitrogens with one attached hydrogen (secondary N) is 1. The van der Waals surface area contributed by atoms with Crippen molar-refractivity contribution in [3.63, 3.8) is 0 Å². The molecule has 0 aliphatic rings. The van der Waals surface area contributed by atoms with Gasteiger partial charge < -0.3 is 19.9 Å². The Morgan fingerprint density at radius 1 is 1.08 bits per heavy atom. The maximum absolute atomic E-state index is 10.7. The first-order valence-electron chi connectivity index (χ1n) is 6.96. The highest BCUT2D eigenvalue weighted by Gasteiger charge is 2.12. The average Bonchev–Trinajstić information content (AvgIpc) is 2.62. The molecule has 0 saturated heterocycles. The molecule has 0 spiro atoms. The molecule has 1 aromatic heterocycles. The van der Waals surface area contributed by atoms with Crippen LogP contribution in [0.5, 0.6) is 17.2 Å². The second kappa shape index (κ2) is 6.37. The number of fused-ring (bicyclic) bond motifs is 1. The Bertz CT molecular complexity index is 914. The maximum Gasteiger partial charge on any atom is 0.162 e. The predicted octanol–water partition coefficient (Wildman–Crippen LogP) is 3.49. The molecule has 2 aromatic carbocycles. The first-order chi connectivity index (χ1) is 11.7. The number of hydrogen-bond acceptors (Lipinski definition) is 8. The van der Waals surface area contributed by atoms with Gasteiger partial charge in [0.25, 0.3) is 0 Å². The molecule has 0 amide bonds. The highest BCUT2D eigenvalue weighted by atomic mass is 16.5. The van der Waals surface area contributed by atoms with Gasteiger partial charge in [-0.15, -0.1) is 4.91 Å². The number of aromatic hydroxyl groups is 1. The van der Waals surface area contributed by atoms with Crippen molar-refractivity contribution in [1.29, 1.82) is 0 Å². The first-order valence-corrected chi connectivity index (χ1v) is 6.96. The monoisotopic (exact) mass is 326 g/mol. The van der Waals surface area contributed by atoms with E-state index in [4.69, 9.17) is 9.47 Å². The average molecular weight is 326 g/mol. The van der Waals surface area contributed by atoms with Crippen LogP contribution in [0.1, 0.15) is 0 Å². The van der Waals surface area contributed by atoms with Crippen molar-refractivity contribution in [2.24, 2.45) is 5.18 Å². The SMILES string of the molecule is COc1cc2ncnc(Nc3ccc(O)c(N=O)c3)c2cc1OC. The quantitative estimate of drug-likeness (QED) is 0.546. The van der Waals surface area contributed by atoms with E-state index in [-0.39, 0.29) is 11.4 Å². The van der Waals surface area contributed by atoms with E-state index in [0.29, 0.717) is 33.9 Å². The van der Waals surface area contributed by atoms with Gasteiger partial charge in [0.05, 0.1) is 19.7 Å². The fourth-order valence-electron chi connectivity index (χ4n) is 2.29. The number of hydrogen-bond donors (Lipinski definition) is 2. The first kappa shape index (κ1) is 15.5. The zero-order valence-corrected chi connectivity index (χ0v) is 13.0. The number of rotatable bonds is 5. The van der Waals surface area contributed by atoms with Gasteiger partial charge in [0.2, 0.25) is 0 Å². The number of phenolic OH excluding ortho intramolecular Hbond substituents is 1. The van der Waals surface area contributed by atoms with Crippen molar-refractivity contribution < 1.29 is 14.6 Å². The van der Waals surface area contributed by atoms with Crippen LogP contribution in [-0.2, 0) is 0 Å². The van der Waals surface area contributed by atoms with Crippen molar-refractivity contribution in [3.8, 4) is 17.2 Å². The Morgan fingerprint density at radius 2 is 1.83 bits per heavy atom. The molecule has 0 radical (unpaired) electrons. The minimum atomic E-state index is -0.186. The van der Waals surface area contributed by atoms with Gasteiger partial charge in [-0.2, -0.15) is 0 Å². The van der Waals surface area contributed by atoms with Crippen molar-refractivity contribution in [2.45, 2.75) is 0 Å². The minimum absolute atomic E-state index is 0.0578. The third-order valence-corrected chi connectivity index (χ3v) is 3.48. The highest BCUT2D eigenvalue weighted by molar-refractivity contribution is 5.93. The van der Waals surface area contributed by atoms with Crippen molar-refractivity contribution in [2.75, 3.05) is 19.5 Å².